The van der Waals surface area contributed by atoms with Gasteiger partial charge in [-0.15, -0.1) is 0 Å². The molecule has 3 N–H and O–H groups in total. The molecule has 0 saturated carbocycles. The lowest BCUT2D eigenvalue weighted by molar-refractivity contribution is 0.0942. The molecule has 0 bridgehead atoms. The first-order valence-electron chi connectivity index (χ1n) is 18.6. The van der Waals surface area contributed by atoms with Crippen LogP contribution in [0, 0.1) is 0 Å². The van der Waals surface area contributed by atoms with Gasteiger partial charge in [0.1, 0.15) is 11.3 Å². The number of imidazole rings is 2. The molecule has 0 aliphatic carbocycles. The predicted octanol–water partition coefficient (Wildman–Crippen LogP) is 6.16. The van der Waals surface area contributed by atoms with Crippen LogP contribution in [0.2, 0.25) is 5.02 Å². The molecule has 0 saturated heterocycles. The zero-order valence-electron chi connectivity index (χ0n) is 31.9. The Labute approximate surface area is 354 Å². The van der Waals surface area contributed by atoms with Crippen molar-refractivity contribution in [2.45, 2.75) is 32.7 Å². The van der Waals surface area contributed by atoms with Crippen molar-refractivity contribution >= 4 is 65.4 Å². The van der Waals surface area contributed by atoms with Crippen molar-refractivity contribution < 1.29 is 26.4 Å². The van der Waals surface area contributed by atoms with E-state index in [1.54, 1.807) is 120 Å². The Morgan fingerprint density at radius 2 is 1.41 bits per heavy atom. The Kier molecular flexibility index (Phi) is 11.4. The molecule has 2 amide bonds. The van der Waals surface area contributed by atoms with E-state index in [4.69, 9.17) is 11.6 Å². The van der Waals surface area contributed by atoms with Gasteiger partial charge in [0.05, 0.1) is 31.5 Å². The number of nitrogens with zero attached hydrogens (tertiary/aromatic N) is 6. The zero-order chi connectivity index (χ0) is 42.6. The molecule has 15 nitrogen and oxygen atoms in total. The standard InChI is InChI=1S/C22H19N3O3S.C21H15ClN6O3S/c26-22(21-14-17-15-23-12-11-20(17)25-21)24-13-10-16-6-8-19(9-7-16)29(27,28)18-4-2-1-3-5-18;22-16-3-6-18-24-11-19(28(18)13-16)32(30,31)17-4-1-14(2-5-17)9-25-20(29)15-10-26-21-23-7-8-27(21)12-15/h1-9,11-12,14-15,25H,10,13H2,(H,24,26);1-8,10-13H,9H2,(H,25,29). The average Bonchev–Trinajstić information content (AvgIpc) is 4.05. The molecule has 18 heteroatoms. The Bertz CT molecular complexity index is 3230. The van der Waals surface area contributed by atoms with Gasteiger partial charge in [-0.05, 0) is 78.2 Å². The van der Waals surface area contributed by atoms with E-state index in [-0.39, 0.29) is 38.1 Å². The Morgan fingerprint density at radius 3 is 2.16 bits per heavy atom. The molecule has 61 heavy (non-hydrogen) atoms. The van der Waals surface area contributed by atoms with Crippen LogP contribution in [0.1, 0.15) is 32.0 Å². The average molecular weight is 872 g/mol. The van der Waals surface area contributed by atoms with Crippen LogP contribution in [-0.4, -0.2) is 68.9 Å². The van der Waals surface area contributed by atoms with E-state index in [9.17, 15) is 26.4 Å². The van der Waals surface area contributed by atoms with Crippen LogP contribution in [-0.2, 0) is 32.6 Å². The van der Waals surface area contributed by atoms with Gasteiger partial charge < -0.3 is 15.6 Å². The minimum Gasteiger partial charge on any atom is -0.350 e. The second-order valence-corrected chi connectivity index (χ2v) is 17.9. The topological polar surface area (TPSA) is 203 Å². The Morgan fingerprint density at radius 1 is 0.689 bits per heavy atom. The van der Waals surface area contributed by atoms with Gasteiger partial charge in [0.2, 0.25) is 25.5 Å². The van der Waals surface area contributed by atoms with Crippen molar-refractivity contribution in [3.8, 4) is 0 Å². The van der Waals surface area contributed by atoms with Crippen molar-refractivity contribution in [1.29, 1.82) is 0 Å². The fourth-order valence-corrected chi connectivity index (χ4v) is 9.11. The van der Waals surface area contributed by atoms with E-state index in [1.165, 1.54) is 35.1 Å². The molecular formula is C43H34ClN9O6S2. The second-order valence-electron chi connectivity index (χ2n) is 13.6. The number of sulfone groups is 2. The molecule has 6 heterocycles. The van der Waals surface area contributed by atoms with Gasteiger partial charge in [-0.2, -0.15) is 0 Å². The number of aromatic nitrogens is 7. The number of H-pyrrole nitrogens is 1. The lowest BCUT2D eigenvalue weighted by atomic mass is 10.1. The van der Waals surface area contributed by atoms with Crippen LogP contribution in [0.15, 0.2) is 172 Å². The van der Waals surface area contributed by atoms with Gasteiger partial charge in [0, 0.05) is 67.4 Å². The molecular weight excluding hydrogens is 838 g/mol. The van der Waals surface area contributed by atoms with Crippen molar-refractivity contribution in [1.82, 2.24) is 44.4 Å². The van der Waals surface area contributed by atoms with Gasteiger partial charge >= 0.3 is 0 Å². The Balaban J connectivity index is 0.000000169. The predicted molar refractivity (Wildman–Crippen MR) is 227 cm³/mol. The third kappa shape index (κ3) is 8.89. The summed E-state index contributed by atoms with van der Waals surface area (Å²) in [5.41, 5.74) is 3.91. The summed E-state index contributed by atoms with van der Waals surface area (Å²) in [6, 6.07) is 28.3. The van der Waals surface area contributed by atoms with Crippen LogP contribution in [0.3, 0.4) is 0 Å². The molecule has 3 aromatic carbocycles. The number of rotatable bonds is 11. The van der Waals surface area contributed by atoms with Crippen molar-refractivity contribution in [3.63, 3.8) is 0 Å². The van der Waals surface area contributed by atoms with Gasteiger partial charge in [-0.3, -0.25) is 23.4 Å². The molecule has 9 aromatic rings. The molecule has 0 aliphatic rings. The third-order valence-corrected chi connectivity index (χ3v) is 13.3. The summed E-state index contributed by atoms with van der Waals surface area (Å²) in [5, 5.41) is 6.98. The van der Waals surface area contributed by atoms with E-state index < -0.39 is 19.7 Å². The second kappa shape index (κ2) is 17.2. The highest BCUT2D eigenvalue weighted by molar-refractivity contribution is 7.91. The van der Waals surface area contributed by atoms with Gasteiger partial charge in [0.15, 0.2) is 5.03 Å². The maximum atomic E-state index is 13.1. The fourth-order valence-electron chi connectivity index (χ4n) is 6.34. The summed E-state index contributed by atoms with van der Waals surface area (Å²) in [6.07, 6.45) is 13.2. The molecule has 0 unspecified atom stereocenters. The number of benzene rings is 3. The van der Waals surface area contributed by atoms with Crippen molar-refractivity contribution in [3.05, 3.63) is 180 Å². The molecule has 0 aliphatic heterocycles. The van der Waals surface area contributed by atoms with Gasteiger partial charge in [0.25, 0.3) is 11.8 Å². The highest BCUT2D eigenvalue weighted by Gasteiger charge is 2.23. The summed E-state index contributed by atoms with van der Waals surface area (Å²) in [6.45, 7) is 0.670. The first kappa shape index (κ1) is 40.6. The summed E-state index contributed by atoms with van der Waals surface area (Å²) >= 11 is 6.01. The molecule has 0 radical (unpaired) electrons. The quantitative estimate of drug-likeness (QED) is 0.135. The maximum absolute atomic E-state index is 13.1. The third-order valence-electron chi connectivity index (χ3n) is 9.56. The summed E-state index contributed by atoms with van der Waals surface area (Å²) in [7, 11) is -7.33. The molecule has 6 aromatic heterocycles. The van der Waals surface area contributed by atoms with E-state index >= 15 is 0 Å². The van der Waals surface area contributed by atoms with Gasteiger partial charge in [-0.25, -0.2) is 31.8 Å². The number of carbonyl (C=O) groups is 2. The fraction of sp³-hybridized carbons (Fsp3) is 0.0698. The lowest BCUT2D eigenvalue weighted by Gasteiger charge is -2.08. The molecule has 0 spiro atoms. The van der Waals surface area contributed by atoms with Crippen molar-refractivity contribution in [2.75, 3.05) is 6.54 Å². The number of fused-ring (bicyclic) bond motifs is 3. The number of carbonyl (C=O) groups excluding carboxylic acids is 2. The van der Waals surface area contributed by atoms with Crippen LogP contribution < -0.4 is 10.6 Å². The minimum absolute atomic E-state index is 0.0263. The molecule has 9 rings (SSSR count). The molecule has 0 fully saturated rings. The normalized spacial score (nSPS) is 11.6. The number of nitrogens with one attached hydrogen (secondary N) is 3. The molecule has 306 valence electrons. The van der Waals surface area contributed by atoms with E-state index in [2.05, 4.69) is 35.6 Å². The van der Waals surface area contributed by atoms with E-state index in [1.807, 2.05) is 6.07 Å². The number of aromatic amines is 1. The van der Waals surface area contributed by atoms with Crippen LogP contribution in [0.25, 0.3) is 22.3 Å². The number of hydrogen-bond donors (Lipinski definition) is 3. The van der Waals surface area contributed by atoms with Gasteiger partial charge in [-0.1, -0.05) is 54.1 Å². The monoisotopic (exact) mass is 871 g/mol. The molecule has 0 atom stereocenters. The summed E-state index contributed by atoms with van der Waals surface area (Å²) < 4.78 is 54.5. The Hall–Kier alpha value is -7.21. The minimum atomic E-state index is -3.81. The highest BCUT2D eigenvalue weighted by atomic mass is 35.5. The highest BCUT2D eigenvalue weighted by Crippen LogP contribution is 2.24. The number of hydrogen-bond acceptors (Lipinski definition) is 10. The van der Waals surface area contributed by atoms with Crippen LogP contribution in [0.5, 0.6) is 0 Å². The van der Waals surface area contributed by atoms with Crippen LogP contribution >= 0.6 is 11.6 Å². The number of amides is 2. The zero-order valence-corrected chi connectivity index (χ0v) is 34.3. The summed E-state index contributed by atoms with van der Waals surface area (Å²) in [5.74, 6) is 0.0171. The lowest BCUT2D eigenvalue weighted by Crippen LogP contribution is -2.25. The first-order chi connectivity index (χ1) is 29.5. The van der Waals surface area contributed by atoms with Crippen LogP contribution in [0.4, 0.5) is 0 Å². The SMILES string of the molecule is O=C(NCCc1ccc(S(=O)(=O)c2ccccc2)cc1)c1cc2cnccc2[nH]1.O=C(NCc1ccc(S(=O)(=O)c2cnc3ccc(Cl)cn23)cc1)c1cnc2nccn2c1. The van der Waals surface area contributed by atoms with E-state index in [0.29, 0.717) is 40.7 Å². The van der Waals surface area contributed by atoms with Crippen molar-refractivity contribution in [2.24, 2.45) is 0 Å². The largest absolute Gasteiger partial charge is 0.350 e. The first-order valence-corrected chi connectivity index (χ1v) is 21.9. The number of pyridine rings is 2. The van der Waals surface area contributed by atoms with E-state index in [0.717, 1.165) is 22.0 Å². The smallest absolute Gasteiger partial charge is 0.267 e. The number of halogens is 1. The summed E-state index contributed by atoms with van der Waals surface area (Å²) in [4.78, 5) is 44.7. The maximum Gasteiger partial charge on any atom is 0.267 e.